The van der Waals surface area contributed by atoms with Crippen LogP contribution in [0.25, 0.3) is 16.7 Å². The van der Waals surface area contributed by atoms with Crippen LogP contribution in [0.3, 0.4) is 0 Å². The van der Waals surface area contributed by atoms with E-state index in [0.717, 1.165) is 33.4 Å². The van der Waals surface area contributed by atoms with Gasteiger partial charge in [0.25, 0.3) is 5.91 Å². The molecule has 366 valence electrons. The highest BCUT2D eigenvalue weighted by molar-refractivity contribution is 6.74. The summed E-state index contributed by atoms with van der Waals surface area (Å²) in [5.74, 6) is -2.37. The van der Waals surface area contributed by atoms with Crippen molar-refractivity contribution in [2.75, 3.05) is 23.9 Å². The van der Waals surface area contributed by atoms with Gasteiger partial charge in [0.1, 0.15) is 12.2 Å². The number of fused-ring (bicyclic) bond motifs is 5. The number of nitrogens with zero attached hydrogens (tertiary/aromatic N) is 2. The van der Waals surface area contributed by atoms with Crippen LogP contribution in [0.5, 0.6) is 11.5 Å². The van der Waals surface area contributed by atoms with Crippen molar-refractivity contribution in [3.63, 3.8) is 0 Å². The van der Waals surface area contributed by atoms with E-state index in [0.29, 0.717) is 12.1 Å². The Bertz CT molecular complexity index is 2620. The number of nitrogens with one attached hydrogen (secondary N) is 2. The van der Waals surface area contributed by atoms with E-state index in [1.54, 1.807) is 50.9 Å². The smallest absolute Gasteiger partial charge is 0.417 e. The largest absolute Gasteiger partial charge is 0.504 e. The quantitative estimate of drug-likeness (QED) is 0.109. The first-order chi connectivity index (χ1) is 32.4. The highest BCUT2D eigenvalue weighted by Gasteiger charge is 2.51. The normalized spacial score (nSPS) is 17.7. The number of hydrogen-bond acceptors (Lipinski definition) is 10. The predicted octanol–water partition coefficient (Wildman–Crippen LogP) is 10.9. The summed E-state index contributed by atoms with van der Waals surface area (Å²) >= 11 is 0. The van der Waals surface area contributed by atoms with Crippen molar-refractivity contribution in [1.82, 2.24) is 10.2 Å². The minimum Gasteiger partial charge on any atom is -0.504 e. The van der Waals surface area contributed by atoms with Crippen LogP contribution in [0.4, 0.5) is 21.0 Å². The van der Waals surface area contributed by atoms with E-state index in [2.05, 4.69) is 56.6 Å². The molecular weight excluding hydrogens is 893 g/mol. The summed E-state index contributed by atoms with van der Waals surface area (Å²) in [6.07, 6.45) is -0.490. The number of carbonyl (C=O) groups is 5. The number of methoxy groups -OCH3 is 1. The first-order valence-corrected chi connectivity index (χ1v) is 26.5. The van der Waals surface area contributed by atoms with Gasteiger partial charge >= 0.3 is 12.2 Å². The molecule has 4 amide bonds. The highest BCUT2D eigenvalue weighted by Crippen LogP contribution is 2.47. The van der Waals surface area contributed by atoms with Crippen LogP contribution in [-0.2, 0) is 23.5 Å². The van der Waals surface area contributed by atoms with E-state index in [-0.39, 0.29) is 64.3 Å². The maximum absolute atomic E-state index is 14.7. The molecule has 2 aliphatic heterocycles. The van der Waals surface area contributed by atoms with E-state index in [1.807, 2.05) is 62.4 Å². The monoisotopic (exact) mass is 958 g/mol. The third kappa shape index (κ3) is 10.6. The SMILES string of the molecule is COc1cc2c(cc1O)N(C(=O)OC(C)(C)C)[C@@H](O[Si](C)(C)C(C)(C)C)[C@@H]1CC(c3ccc(NC(=O)[C@H](C)CC(=O)[C@@H](NC(=O)OCC4c5ccccc5-c5ccccc54)C(C)C)cc3)=CN1C2=O. The maximum Gasteiger partial charge on any atom is 0.417 e. The van der Waals surface area contributed by atoms with Gasteiger partial charge in [-0.05, 0) is 103 Å². The Morgan fingerprint density at radius 1 is 0.855 bits per heavy atom. The molecule has 1 aliphatic carbocycles. The van der Waals surface area contributed by atoms with Crippen LogP contribution in [0.1, 0.15) is 108 Å². The first kappa shape index (κ1) is 50.4. The lowest BCUT2D eigenvalue weighted by atomic mass is 9.93. The molecule has 0 saturated heterocycles. The lowest BCUT2D eigenvalue weighted by Gasteiger charge is -2.44. The number of ketones is 1. The molecule has 69 heavy (non-hydrogen) atoms. The zero-order chi connectivity index (χ0) is 50.3. The summed E-state index contributed by atoms with van der Waals surface area (Å²) in [7, 11) is -1.28. The minimum atomic E-state index is -2.67. The summed E-state index contributed by atoms with van der Waals surface area (Å²) < 4.78 is 24.2. The van der Waals surface area contributed by atoms with Gasteiger partial charge in [0.2, 0.25) is 5.91 Å². The number of alkyl carbamates (subject to hydrolysis) is 1. The van der Waals surface area contributed by atoms with Gasteiger partial charge in [-0.15, -0.1) is 0 Å². The standard InChI is InChI=1S/C54H66N4O10Si/c1-31(2)47(56-51(63)66-30-41-38-19-15-13-17-36(38)37-18-14-16-20-39(37)41)45(60)25-32(3)48(61)55-35-23-21-33(22-24-35)34-26-43-50(68-69(11,12)54(7,8)9)58(52(64)67-53(4,5)6)42-28-44(59)46(65-10)27-40(42)49(62)57(43)29-34/h13-24,27-29,31-32,41,43,47,50,59H,25-26,30H2,1-12H3,(H,55,61)(H,56,63)/t32-,43+,47+,50+/m1/s1. The first-order valence-electron chi connectivity index (χ1n) is 23.6. The Hall–Kier alpha value is -6.45. The molecule has 0 spiro atoms. The van der Waals surface area contributed by atoms with E-state index >= 15 is 0 Å². The van der Waals surface area contributed by atoms with Crippen molar-refractivity contribution in [3.05, 3.63) is 113 Å². The average molecular weight is 959 g/mol. The number of amides is 4. The third-order valence-electron chi connectivity index (χ3n) is 13.6. The van der Waals surface area contributed by atoms with Gasteiger partial charge in [-0.1, -0.05) is 102 Å². The molecular formula is C54H66N4O10Si. The second kappa shape index (κ2) is 19.5. The van der Waals surface area contributed by atoms with Gasteiger partial charge in [-0.25, -0.2) is 14.5 Å². The van der Waals surface area contributed by atoms with Gasteiger partial charge in [0.05, 0.1) is 30.4 Å². The molecule has 0 aromatic heterocycles. The molecule has 14 nitrogen and oxygen atoms in total. The van der Waals surface area contributed by atoms with Crippen molar-refractivity contribution >= 4 is 55.0 Å². The van der Waals surface area contributed by atoms with E-state index in [1.165, 1.54) is 24.1 Å². The molecule has 7 rings (SSSR count). The van der Waals surface area contributed by atoms with Crippen LogP contribution in [0, 0.1) is 11.8 Å². The van der Waals surface area contributed by atoms with Gasteiger partial charge in [0, 0.05) is 36.2 Å². The van der Waals surface area contributed by atoms with Crippen molar-refractivity contribution in [1.29, 1.82) is 0 Å². The number of rotatable bonds is 13. The second-order valence-corrected chi connectivity index (χ2v) is 25.9. The van der Waals surface area contributed by atoms with Gasteiger partial charge in [-0.2, -0.15) is 0 Å². The molecule has 4 aromatic rings. The molecule has 0 unspecified atom stereocenters. The maximum atomic E-state index is 14.7. The number of carbonyl (C=O) groups excluding carboxylic acids is 5. The number of ether oxygens (including phenoxy) is 3. The number of phenols is 1. The molecule has 0 saturated carbocycles. The fraction of sp³-hybridized carbons (Fsp3) is 0.426. The zero-order valence-corrected chi connectivity index (χ0v) is 42.8. The van der Waals surface area contributed by atoms with E-state index in [9.17, 15) is 29.1 Å². The molecule has 3 aliphatic rings. The fourth-order valence-electron chi connectivity index (χ4n) is 8.88. The predicted molar refractivity (Wildman–Crippen MR) is 269 cm³/mol. The molecule has 15 heteroatoms. The van der Waals surface area contributed by atoms with Gasteiger partial charge in [-0.3, -0.25) is 14.4 Å². The summed E-state index contributed by atoms with van der Waals surface area (Å²) in [5, 5.41) is 16.4. The summed E-state index contributed by atoms with van der Waals surface area (Å²) in [6, 6.07) is 24.5. The Kier molecular flexibility index (Phi) is 14.3. The number of phenolic OH excluding ortho intramolecular Hbond substituents is 1. The molecule has 0 bridgehead atoms. The van der Waals surface area contributed by atoms with Gasteiger partial charge < -0.3 is 39.3 Å². The topological polar surface area (TPSA) is 173 Å². The minimum absolute atomic E-state index is 0.0659. The van der Waals surface area contributed by atoms with Gasteiger partial charge in [0.15, 0.2) is 31.8 Å². The molecule has 4 atom stereocenters. The molecule has 2 heterocycles. The zero-order valence-electron chi connectivity index (χ0n) is 41.8. The lowest BCUT2D eigenvalue weighted by Crippen LogP contribution is -2.58. The van der Waals surface area contributed by atoms with Crippen LogP contribution in [-0.4, -0.2) is 85.7 Å². The number of anilines is 2. The van der Waals surface area contributed by atoms with Crippen LogP contribution < -0.4 is 20.3 Å². The van der Waals surface area contributed by atoms with Crippen LogP contribution in [0.2, 0.25) is 18.1 Å². The molecule has 0 radical (unpaired) electrons. The number of Topliss-reactive ketones (excluding diaryl/α,β-unsaturated/α-hetero) is 1. The summed E-state index contributed by atoms with van der Waals surface area (Å²) in [5.41, 5.74) is 5.83. The van der Waals surface area contributed by atoms with E-state index in [4.69, 9.17) is 18.6 Å². The average Bonchev–Trinajstić information content (AvgIpc) is 3.84. The van der Waals surface area contributed by atoms with E-state index < -0.39 is 56.2 Å². The fourth-order valence-corrected chi connectivity index (χ4v) is 10.1. The Morgan fingerprint density at radius 3 is 2.03 bits per heavy atom. The summed E-state index contributed by atoms with van der Waals surface area (Å²) in [4.78, 5) is 72.4. The Morgan fingerprint density at radius 2 is 1.46 bits per heavy atom. The van der Waals surface area contributed by atoms with Crippen molar-refractivity contribution in [2.45, 2.75) is 123 Å². The number of aromatic hydroxyl groups is 1. The van der Waals surface area contributed by atoms with Crippen molar-refractivity contribution in [3.8, 4) is 22.6 Å². The number of hydrogen-bond donors (Lipinski definition) is 3. The Labute approximate surface area is 406 Å². The lowest BCUT2D eigenvalue weighted by molar-refractivity contribution is -0.127. The molecule has 3 N–H and O–H groups in total. The number of benzene rings is 4. The second-order valence-electron chi connectivity index (χ2n) is 21.1. The van der Waals surface area contributed by atoms with Crippen LogP contribution >= 0.6 is 0 Å². The molecule has 0 fully saturated rings. The van der Waals surface area contributed by atoms with Crippen LogP contribution in [0.15, 0.2) is 91.1 Å². The highest BCUT2D eigenvalue weighted by atomic mass is 28.4. The summed E-state index contributed by atoms with van der Waals surface area (Å²) in [6.45, 7) is 21.1. The molecule has 4 aromatic carbocycles. The van der Waals surface area contributed by atoms with Crippen molar-refractivity contribution < 1.29 is 47.7 Å². The third-order valence-corrected chi connectivity index (χ3v) is 18.1. The van der Waals surface area contributed by atoms with Crippen molar-refractivity contribution in [2.24, 2.45) is 11.8 Å². The Balaban J connectivity index is 1.04.